The molecule has 1 fully saturated rings. The molecule has 1 amide bonds. The number of nitrogens with one attached hydrogen (secondary N) is 1. The molecule has 122 valence electrons. The van der Waals surface area contributed by atoms with Crippen molar-refractivity contribution < 1.29 is 4.79 Å². The first-order chi connectivity index (χ1) is 11.2. The van der Waals surface area contributed by atoms with E-state index < -0.39 is 0 Å². The Morgan fingerprint density at radius 2 is 2.13 bits per heavy atom. The Bertz CT molecular complexity index is 627. The summed E-state index contributed by atoms with van der Waals surface area (Å²) in [7, 11) is 0. The van der Waals surface area contributed by atoms with Crippen LogP contribution in [0.2, 0.25) is 5.02 Å². The number of hydrogen-bond acceptors (Lipinski definition) is 3. The van der Waals surface area contributed by atoms with Gasteiger partial charge in [-0.3, -0.25) is 4.79 Å². The van der Waals surface area contributed by atoms with Crippen LogP contribution in [-0.2, 0) is 11.2 Å². The van der Waals surface area contributed by atoms with Crippen molar-refractivity contribution in [1.29, 1.82) is 0 Å². The van der Waals surface area contributed by atoms with E-state index in [0.29, 0.717) is 12.3 Å². The van der Waals surface area contributed by atoms with Gasteiger partial charge in [0, 0.05) is 30.5 Å². The van der Waals surface area contributed by atoms with Gasteiger partial charge in [-0.2, -0.15) is 15.4 Å². The molecule has 0 radical (unpaired) electrons. The summed E-state index contributed by atoms with van der Waals surface area (Å²) in [6.07, 6.45) is 6.12. The van der Waals surface area contributed by atoms with Crippen LogP contribution in [-0.4, -0.2) is 39.3 Å². The minimum Gasteiger partial charge on any atom is -0.342 e. The van der Waals surface area contributed by atoms with Crippen molar-refractivity contribution in [3.63, 3.8) is 0 Å². The van der Waals surface area contributed by atoms with E-state index in [1.807, 2.05) is 17.0 Å². The summed E-state index contributed by atoms with van der Waals surface area (Å²) in [6.45, 7) is 1.68. The highest BCUT2D eigenvalue weighted by Crippen LogP contribution is 2.28. The first-order valence-corrected chi connectivity index (χ1v) is 8.48. The van der Waals surface area contributed by atoms with E-state index >= 15 is 0 Å². The maximum atomic E-state index is 12.3. The summed E-state index contributed by atoms with van der Waals surface area (Å²) in [5.41, 5.74) is 2.23. The molecule has 1 saturated heterocycles. The zero-order valence-corrected chi connectivity index (χ0v) is 13.8. The van der Waals surface area contributed by atoms with Crippen LogP contribution in [0.5, 0.6) is 0 Å². The van der Waals surface area contributed by atoms with Crippen molar-refractivity contribution in [2.24, 2.45) is 0 Å². The Morgan fingerprint density at radius 3 is 2.87 bits per heavy atom. The molecule has 0 bridgehead atoms. The second-order valence-electron chi connectivity index (χ2n) is 6.05. The average molecular weight is 333 g/mol. The minimum absolute atomic E-state index is 0.265. The topological polar surface area (TPSA) is 61.9 Å². The quantitative estimate of drug-likeness (QED) is 0.826. The summed E-state index contributed by atoms with van der Waals surface area (Å²) in [5.74, 6) is 0.702. The van der Waals surface area contributed by atoms with Crippen LogP contribution >= 0.6 is 11.6 Å². The molecule has 1 aromatic heterocycles. The molecule has 5 nitrogen and oxygen atoms in total. The van der Waals surface area contributed by atoms with Crippen LogP contribution in [0, 0.1) is 0 Å². The Morgan fingerprint density at radius 1 is 1.30 bits per heavy atom. The van der Waals surface area contributed by atoms with Gasteiger partial charge >= 0.3 is 0 Å². The van der Waals surface area contributed by atoms with Crippen LogP contribution in [0.4, 0.5) is 0 Å². The number of likely N-dealkylation sites (tertiary alicyclic amines) is 1. The van der Waals surface area contributed by atoms with Gasteiger partial charge in [-0.1, -0.05) is 23.7 Å². The van der Waals surface area contributed by atoms with Gasteiger partial charge in [-0.15, -0.1) is 0 Å². The number of hydrogen-bond donors (Lipinski definition) is 1. The summed E-state index contributed by atoms with van der Waals surface area (Å²) >= 11 is 5.93. The first kappa shape index (κ1) is 16.0. The molecule has 0 saturated carbocycles. The first-order valence-electron chi connectivity index (χ1n) is 8.10. The molecule has 0 unspecified atom stereocenters. The van der Waals surface area contributed by atoms with Crippen molar-refractivity contribution in [2.75, 3.05) is 13.1 Å². The average Bonchev–Trinajstić information content (AvgIpc) is 3.24. The Balaban J connectivity index is 1.41. The predicted octanol–water partition coefficient (Wildman–Crippen LogP) is 3.19. The lowest BCUT2D eigenvalue weighted by Crippen LogP contribution is -2.28. The standard InChI is InChI=1S/C17H21ClN4O/c18-15-7-5-13(6-8-15)14-9-10-22(12-14)17(23)4-2-1-3-16-11-19-21-20-16/h5-8,11,14H,1-4,9-10,12H2,(H,19,20,21)/t14-/m0/s1. The third-order valence-electron chi connectivity index (χ3n) is 4.42. The van der Waals surface area contributed by atoms with Crippen LogP contribution in [0.3, 0.4) is 0 Å². The molecule has 3 rings (SSSR count). The Hall–Kier alpha value is -1.88. The molecule has 1 aliphatic heterocycles. The minimum atomic E-state index is 0.265. The molecule has 1 atom stereocenters. The third kappa shape index (κ3) is 4.32. The van der Waals surface area contributed by atoms with Crippen molar-refractivity contribution in [3.05, 3.63) is 46.7 Å². The Labute approximate surface area is 141 Å². The maximum Gasteiger partial charge on any atom is 0.222 e. The zero-order chi connectivity index (χ0) is 16.1. The van der Waals surface area contributed by atoms with Gasteiger partial charge in [0.05, 0.1) is 11.9 Å². The van der Waals surface area contributed by atoms with E-state index in [4.69, 9.17) is 11.6 Å². The normalized spacial score (nSPS) is 17.6. The summed E-state index contributed by atoms with van der Waals surface area (Å²) in [4.78, 5) is 14.3. The fourth-order valence-electron chi connectivity index (χ4n) is 3.08. The SMILES string of the molecule is O=C(CCCCc1cn[nH]n1)N1CC[C@H](c2ccc(Cl)cc2)C1. The molecular formula is C17H21ClN4O. The number of halogens is 1. The van der Waals surface area contributed by atoms with Gasteiger partial charge in [0.15, 0.2) is 0 Å². The number of H-pyrrole nitrogens is 1. The number of rotatable bonds is 6. The highest BCUT2D eigenvalue weighted by Gasteiger charge is 2.26. The van der Waals surface area contributed by atoms with Gasteiger partial charge in [0.2, 0.25) is 5.91 Å². The largest absolute Gasteiger partial charge is 0.342 e. The zero-order valence-electron chi connectivity index (χ0n) is 13.0. The van der Waals surface area contributed by atoms with Gasteiger partial charge in [0.1, 0.15) is 0 Å². The molecule has 2 aromatic rings. The van der Waals surface area contributed by atoms with Crippen molar-refractivity contribution >= 4 is 17.5 Å². The molecule has 23 heavy (non-hydrogen) atoms. The number of carbonyl (C=O) groups excluding carboxylic acids is 1. The number of aromatic nitrogens is 3. The number of benzene rings is 1. The number of carbonyl (C=O) groups is 1. The smallest absolute Gasteiger partial charge is 0.222 e. The van der Waals surface area contributed by atoms with Gasteiger partial charge in [-0.25, -0.2) is 0 Å². The van der Waals surface area contributed by atoms with Crippen LogP contribution < -0.4 is 0 Å². The maximum absolute atomic E-state index is 12.3. The van der Waals surface area contributed by atoms with E-state index in [1.165, 1.54) is 5.56 Å². The van der Waals surface area contributed by atoms with E-state index in [0.717, 1.165) is 49.5 Å². The molecular weight excluding hydrogens is 312 g/mol. The van der Waals surface area contributed by atoms with Crippen molar-refractivity contribution in [2.45, 2.75) is 38.0 Å². The lowest BCUT2D eigenvalue weighted by atomic mass is 9.99. The van der Waals surface area contributed by atoms with E-state index in [2.05, 4.69) is 27.5 Å². The van der Waals surface area contributed by atoms with Gasteiger partial charge < -0.3 is 4.90 Å². The number of aromatic amines is 1. The van der Waals surface area contributed by atoms with E-state index in [1.54, 1.807) is 6.20 Å². The highest BCUT2D eigenvalue weighted by molar-refractivity contribution is 6.30. The van der Waals surface area contributed by atoms with E-state index in [-0.39, 0.29) is 5.91 Å². The molecule has 0 spiro atoms. The molecule has 6 heteroatoms. The summed E-state index contributed by atoms with van der Waals surface area (Å²) < 4.78 is 0. The van der Waals surface area contributed by atoms with Gasteiger partial charge in [0.25, 0.3) is 0 Å². The lowest BCUT2D eigenvalue weighted by Gasteiger charge is -2.16. The number of nitrogens with zero attached hydrogens (tertiary/aromatic N) is 3. The fraction of sp³-hybridized carbons (Fsp3) is 0.471. The molecule has 1 N–H and O–H groups in total. The highest BCUT2D eigenvalue weighted by atomic mass is 35.5. The second-order valence-corrected chi connectivity index (χ2v) is 6.48. The predicted molar refractivity (Wildman–Crippen MR) is 89.3 cm³/mol. The lowest BCUT2D eigenvalue weighted by molar-refractivity contribution is -0.130. The fourth-order valence-corrected chi connectivity index (χ4v) is 3.21. The molecule has 2 heterocycles. The van der Waals surface area contributed by atoms with Crippen LogP contribution in [0.25, 0.3) is 0 Å². The monoisotopic (exact) mass is 332 g/mol. The van der Waals surface area contributed by atoms with Gasteiger partial charge in [-0.05, 0) is 43.4 Å². The molecule has 1 aliphatic rings. The summed E-state index contributed by atoms with van der Waals surface area (Å²) in [5, 5.41) is 11.2. The van der Waals surface area contributed by atoms with Crippen LogP contribution in [0.15, 0.2) is 30.5 Å². The van der Waals surface area contributed by atoms with E-state index in [9.17, 15) is 4.79 Å². The number of unbranched alkanes of at least 4 members (excludes halogenated alkanes) is 1. The third-order valence-corrected chi connectivity index (χ3v) is 4.67. The second kappa shape index (κ2) is 7.59. The molecule has 1 aromatic carbocycles. The van der Waals surface area contributed by atoms with Crippen molar-refractivity contribution in [1.82, 2.24) is 20.3 Å². The van der Waals surface area contributed by atoms with Crippen molar-refractivity contribution in [3.8, 4) is 0 Å². The molecule has 0 aliphatic carbocycles. The number of aryl methyl sites for hydroxylation is 1. The Kier molecular flexibility index (Phi) is 5.28. The summed E-state index contributed by atoms with van der Waals surface area (Å²) in [6, 6.07) is 7.98. The number of amides is 1. The van der Waals surface area contributed by atoms with Crippen LogP contribution in [0.1, 0.15) is 42.9 Å².